The normalized spacial score (nSPS) is 17.2. The van der Waals surface area contributed by atoms with Gasteiger partial charge in [0, 0.05) is 12.0 Å². The van der Waals surface area contributed by atoms with E-state index in [0.717, 1.165) is 24.3 Å². The molecular weight excluding hydrogens is 140 g/mol. The van der Waals surface area contributed by atoms with E-state index in [2.05, 4.69) is 12.0 Å². The van der Waals surface area contributed by atoms with E-state index >= 15 is 0 Å². The van der Waals surface area contributed by atoms with Gasteiger partial charge in [-0.05, 0) is 13.8 Å². The fourth-order valence-electron chi connectivity index (χ4n) is 0.935. The minimum Gasteiger partial charge on any atom is -0.367 e. The molecule has 1 aliphatic heterocycles. The first-order valence-electron chi connectivity index (χ1n) is 3.97. The molecule has 0 bridgehead atoms. The van der Waals surface area contributed by atoms with Crippen molar-refractivity contribution in [2.24, 2.45) is 5.10 Å². The third kappa shape index (κ3) is 1.73. The molecule has 0 saturated heterocycles. The molecule has 0 atom stereocenters. The molecule has 3 nitrogen and oxygen atoms in total. The van der Waals surface area contributed by atoms with Crippen LogP contribution in [-0.4, -0.2) is 17.9 Å². The molecule has 0 aromatic carbocycles. The first-order chi connectivity index (χ1) is 5.27. The molecule has 0 saturated carbocycles. The van der Waals surface area contributed by atoms with E-state index in [1.807, 2.05) is 20.1 Å². The maximum absolute atomic E-state index is 5.41. The summed E-state index contributed by atoms with van der Waals surface area (Å²) in [6.45, 7) is 6.87. The number of allylic oxidation sites excluding steroid dienone is 2. The number of rotatable bonds is 2. The van der Waals surface area contributed by atoms with Crippen LogP contribution in [0.15, 0.2) is 16.4 Å². The van der Waals surface area contributed by atoms with Gasteiger partial charge >= 0.3 is 0 Å². The van der Waals surface area contributed by atoms with Crippen LogP contribution >= 0.6 is 0 Å². The molecule has 0 aliphatic carbocycles. The molecule has 0 amide bonds. The van der Waals surface area contributed by atoms with Gasteiger partial charge in [0.15, 0.2) is 0 Å². The van der Waals surface area contributed by atoms with Gasteiger partial charge in [0.25, 0.3) is 0 Å². The summed E-state index contributed by atoms with van der Waals surface area (Å²) >= 11 is 0. The second-order valence-electron chi connectivity index (χ2n) is 2.46. The maximum atomic E-state index is 5.41. The lowest BCUT2D eigenvalue weighted by Crippen LogP contribution is -2.21. The highest BCUT2D eigenvalue weighted by Gasteiger charge is 2.09. The number of hydrazone groups is 1. The van der Waals surface area contributed by atoms with Crippen molar-refractivity contribution in [3.05, 3.63) is 11.3 Å². The monoisotopic (exact) mass is 154 g/mol. The van der Waals surface area contributed by atoms with Gasteiger partial charge in [-0.25, -0.2) is 0 Å². The van der Waals surface area contributed by atoms with Crippen molar-refractivity contribution in [3.63, 3.8) is 0 Å². The van der Waals surface area contributed by atoms with E-state index in [-0.39, 0.29) is 0 Å². The zero-order chi connectivity index (χ0) is 8.27. The molecule has 62 valence electrons. The van der Waals surface area contributed by atoms with Gasteiger partial charge in [-0.3, -0.25) is 0 Å². The van der Waals surface area contributed by atoms with Gasteiger partial charge in [-0.15, -0.1) is 10.3 Å². The van der Waals surface area contributed by atoms with Gasteiger partial charge in [0.05, 0.1) is 12.8 Å². The number of nitrogens with zero attached hydrogens (tertiary/aromatic N) is 2. The fourth-order valence-corrected chi connectivity index (χ4v) is 0.935. The standard InChI is InChI=1S/C8H14N2O/c1-4-8-7(3)6-9-10(5-2)11-8/h6H,4-5H2,1-3H3. The summed E-state index contributed by atoms with van der Waals surface area (Å²) in [5.74, 6) is 1.02. The molecule has 0 radical (unpaired) electrons. The highest BCUT2D eigenvalue weighted by atomic mass is 16.7. The Hall–Kier alpha value is -0.990. The summed E-state index contributed by atoms with van der Waals surface area (Å²) in [5, 5.41) is 5.64. The molecule has 0 fully saturated rings. The van der Waals surface area contributed by atoms with E-state index in [9.17, 15) is 0 Å². The lowest BCUT2D eigenvalue weighted by molar-refractivity contribution is -0.121. The lowest BCUT2D eigenvalue weighted by atomic mass is 10.2. The van der Waals surface area contributed by atoms with Crippen LogP contribution in [0, 0.1) is 0 Å². The zero-order valence-corrected chi connectivity index (χ0v) is 7.29. The molecular formula is C8H14N2O. The van der Waals surface area contributed by atoms with E-state index in [4.69, 9.17) is 4.84 Å². The molecule has 0 N–H and O–H groups in total. The van der Waals surface area contributed by atoms with E-state index in [1.165, 1.54) is 0 Å². The van der Waals surface area contributed by atoms with Crippen molar-refractivity contribution in [2.75, 3.05) is 6.54 Å². The summed E-state index contributed by atoms with van der Waals surface area (Å²) in [5.41, 5.74) is 1.12. The van der Waals surface area contributed by atoms with Crippen LogP contribution in [0.3, 0.4) is 0 Å². The molecule has 3 heteroatoms. The van der Waals surface area contributed by atoms with Crippen LogP contribution in [0.1, 0.15) is 27.2 Å². The molecule has 0 aromatic heterocycles. The average molecular weight is 154 g/mol. The number of hydrogen-bond acceptors (Lipinski definition) is 3. The topological polar surface area (TPSA) is 24.8 Å². The van der Waals surface area contributed by atoms with Crippen LogP contribution in [-0.2, 0) is 4.84 Å². The first-order valence-corrected chi connectivity index (χ1v) is 3.97. The zero-order valence-electron chi connectivity index (χ0n) is 7.29. The Morgan fingerprint density at radius 3 is 2.82 bits per heavy atom. The third-order valence-electron chi connectivity index (χ3n) is 1.63. The molecule has 1 heterocycles. The van der Waals surface area contributed by atoms with Crippen LogP contribution < -0.4 is 0 Å². The largest absolute Gasteiger partial charge is 0.367 e. The summed E-state index contributed by atoms with van der Waals surface area (Å²) in [6.07, 6.45) is 2.76. The Balaban J connectivity index is 2.67. The Kier molecular flexibility index (Phi) is 2.52. The molecule has 0 unspecified atom stereocenters. The lowest BCUT2D eigenvalue weighted by Gasteiger charge is -2.22. The van der Waals surface area contributed by atoms with Crippen LogP contribution in [0.5, 0.6) is 0 Å². The second kappa shape index (κ2) is 3.42. The molecule has 1 rings (SSSR count). The van der Waals surface area contributed by atoms with Gasteiger partial charge in [-0.2, -0.15) is 0 Å². The first kappa shape index (κ1) is 8.11. The number of hydrogen-bond donors (Lipinski definition) is 0. The maximum Gasteiger partial charge on any atom is 0.138 e. The van der Waals surface area contributed by atoms with Gasteiger partial charge < -0.3 is 4.84 Å². The van der Waals surface area contributed by atoms with Crippen molar-refractivity contribution >= 4 is 6.21 Å². The Morgan fingerprint density at radius 1 is 1.55 bits per heavy atom. The summed E-state index contributed by atoms with van der Waals surface area (Å²) in [7, 11) is 0. The van der Waals surface area contributed by atoms with Crippen molar-refractivity contribution in [1.29, 1.82) is 0 Å². The molecule has 0 spiro atoms. The van der Waals surface area contributed by atoms with Crippen molar-refractivity contribution in [2.45, 2.75) is 27.2 Å². The minimum atomic E-state index is 0.785. The quantitative estimate of drug-likeness (QED) is 0.607. The van der Waals surface area contributed by atoms with E-state index < -0.39 is 0 Å². The van der Waals surface area contributed by atoms with Crippen molar-refractivity contribution in [3.8, 4) is 0 Å². The van der Waals surface area contributed by atoms with Gasteiger partial charge in [0.1, 0.15) is 5.76 Å². The Labute approximate surface area is 67.3 Å². The Morgan fingerprint density at radius 2 is 2.27 bits per heavy atom. The molecule has 11 heavy (non-hydrogen) atoms. The predicted molar refractivity (Wildman–Crippen MR) is 44.9 cm³/mol. The van der Waals surface area contributed by atoms with Crippen molar-refractivity contribution < 1.29 is 4.84 Å². The highest BCUT2D eigenvalue weighted by Crippen LogP contribution is 2.15. The SMILES string of the molecule is CCC1=C(C)C=NN(CC)O1. The van der Waals surface area contributed by atoms with Crippen molar-refractivity contribution in [1.82, 2.24) is 5.17 Å². The Bertz CT molecular complexity index is 196. The summed E-state index contributed by atoms with van der Waals surface area (Å²) in [4.78, 5) is 5.41. The van der Waals surface area contributed by atoms with Gasteiger partial charge in [0.2, 0.25) is 0 Å². The summed E-state index contributed by atoms with van der Waals surface area (Å²) < 4.78 is 0. The second-order valence-corrected chi connectivity index (χ2v) is 2.46. The predicted octanol–water partition coefficient (Wildman–Crippen LogP) is 1.92. The van der Waals surface area contributed by atoms with Crippen LogP contribution in [0.2, 0.25) is 0 Å². The third-order valence-corrected chi connectivity index (χ3v) is 1.63. The average Bonchev–Trinajstić information content (AvgIpc) is 2.05. The minimum absolute atomic E-state index is 0.785. The highest BCUT2D eigenvalue weighted by molar-refractivity contribution is 5.78. The smallest absolute Gasteiger partial charge is 0.138 e. The molecule has 1 aliphatic rings. The molecule has 0 aromatic rings. The van der Waals surface area contributed by atoms with E-state index in [1.54, 1.807) is 5.17 Å². The van der Waals surface area contributed by atoms with Crippen LogP contribution in [0.4, 0.5) is 0 Å². The van der Waals surface area contributed by atoms with Crippen LogP contribution in [0.25, 0.3) is 0 Å². The fraction of sp³-hybridized carbons (Fsp3) is 0.625. The summed E-state index contributed by atoms with van der Waals surface area (Å²) in [6, 6.07) is 0. The van der Waals surface area contributed by atoms with E-state index in [0.29, 0.717) is 0 Å². The number of hydroxylamine groups is 1. The van der Waals surface area contributed by atoms with Gasteiger partial charge in [-0.1, -0.05) is 6.92 Å².